The number of rotatable bonds is 11. The average molecular weight is 307 g/mol. The van der Waals surface area contributed by atoms with Gasteiger partial charge in [0.15, 0.2) is 0 Å². The zero-order chi connectivity index (χ0) is 16.5. The van der Waals surface area contributed by atoms with Crippen LogP contribution in [-0.2, 0) is 0 Å². The highest BCUT2D eigenvalue weighted by molar-refractivity contribution is 4.99. The summed E-state index contributed by atoms with van der Waals surface area (Å²) in [4.78, 5) is 4.50. The van der Waals surface area contributed by atoms with Gasteiger partial charge in [-0.25, -0.2) is 0 Å². The van der Waals surface area contributed by atoms with E-state index in [1.807, 2.05) is 0 Å². The van der Waals surface area contributed by atoms with E-state index < -0.39 is 0 Å². The Bertz CT molecular complexity index is 344. The first-order valence-electron chi connectivity index (χ1n) is 8.99. The Morgan fingerprint density at radius 2 is 1.36 bits per heavy atom. The van der Waals surface area contributed by atoms with Crippen molar-refractivity contribution >= 4 is 0 Å². The van der Waals surface area contributed by atoms with Gasteiger partial charge < -0.3 is 9.80 Å². The van der Waals surface area contributed by atoms with Crippen LogP contribution in [0.3, 0.4) is 0 Å². The average Bonchev–Trinajstić information content (AvgIpc) is 2.88. The Labute approximate surface area is 139 Å². The lowest BCUT2D eigenvalue weighted by atomic mass is 9.93. The second-order valence-electron chi connectivity index (χ2n) is 7.89. The van der Waals surface area contributed by atoms with Crippen molar-refractivity contribution in [3.05, 3.63) is 24.3 Å². The molecule has 0 N–H and O–H groups in total. The molecule has 0 amide bonds. The van der Waals surface area contributed by atoms with Crippen LogP contribution in [0.15, 0.2) is 24.3 Å². The maximum atomic E-state index is 4.28. The van der Waals surface area contributed by atoms with E-state index in [-0.39, 0.29) is 0 Å². The molecule has 22 heavy (non-hydrogen) atoms. The number of hydrogen-bond donors (Lipinski definition) is 0. The van der Waals surface area contributed by atoms with E-state index >= 15 is 0 Å². The summed E-state index contributed by atoms with van der Waals surface area (Å²) in [6, 6.07) is 0. The molecule has 0 heterocycles. The van der Waals surface area contributed by atoms with Gasteiger partial charge in [0.25, 0.3) is 0 Å². The first-order chi connectivity index (χ1) is 10.4. The third-order valence-electron chi connectivity index (χ3n) is 4.96. The fourth-order valence-electron chi connectivity index (χ4n) is 3.43. The highest BCUT2D eigenvalue weighted by atomic mass is 15.0. The van der Waals surface area contributed by atoms with Crippen LogP contribution in [0.25, 0.3) is 0 Å². The molecule has 0 aromatic heterocycles. The minimum atomic E-state index is 0.898. The van der Waals surface area contributed by atoms with E-state index in [2.05, 4.69) is 51.1 Å². The molecule has 0 bridgehead atoms. The standard InChI is InChI=1S/C20H38N2/c1-17(11-13-21(3)4)7-8-19-9-10-20(16-19)15-18(2)12-14-22(5)6/h19-20H,1-2,7-16H2,3-6H3. The molecule has 0 aromatic rings. The van der Waals surface area contributed by atoms with Gasteiger partial charge in [-0.2, -0.15) is 0 Å². The summed E-state index contributed by atoms with van der Waals surface area (Å²) in [5.41, 5.74) is 2.89. The third-order valence-corrected chi connectivity index (χ3v) is 4.96. The van der Waals surface area contributed by atoms with E-state index in [1.165, 1.54) is 49.7 Å². The Morgan fingerprint density at radius 1 is 0.818 bits per heavy atom. The van der Waals surface area contributed by atoms with E-state index in [1.54, 1.807) is 0 Å². The lowest BCUT2D eigenvalue weighted by Gasteiger charge is -2.16. The van der Waals surface area contributed by atoms with Crippen LogP contribution in [0.1, 0.15) is 51.4 Å². The second-order valence-corrected chi connectivity index (χ2v) is 7.89. The molecule has 1 fully saturated rings. The highest BCUT2D eigenvalue weighted by Gasteiger charge is 2.24. The van der Waals surface area contributed by atoms with Gasteiger partial charge in [0.1, 0.15) is 0 Å². The monoisotopic (exact) mass is 306 g/mol. The van der Waals surface area contributed by atoms with Crippen molar-refractivity contribution in [1.82, 2.24) is 9.80 Å². The summed E-state index contributed by atoms with van der Waals surface area (Å²) < 4.78 is 0. The van der Waals surface area contributed by atoms with Crippen molar-refractivity contribution in [2.24, 2.45) is 11.8 Å². The van der Waals surface area contributed by atoms with Gasteiger partial charge in [-0.1, -0.05) is 30.7 Å². The molecule has 0 radical (unpaired) electrons. The van der Waals surface area contributed by atoms with E-state index in [0.717, 1.165) is 37.8 Å². The maximum Gasteiger partial charge on any atom is 0.00124 e. The van der Waals surface area contributed by atoms with Crippen LogP contribution < -0.4 is 0 Å². The fourth-order valence-corrected chi connectivity index (χ4v) is 3.43. The Hall–Kier alpha value is -0.600. The third kappa shape index (κ3) is 8.75. The van der Waals surface area contributed by atoms with Crippen LogP contribution in [0, 0.1) is 11.8 Å². The van der Waals surface area contributed by atoms with Gasteiger partial charge in [-0.05, 0) is 85.0 Å². The van der Waals surface area contributed by atoms with E-state index in [4.69, 9.17) is 0 Å². The zero-order valence-electron chi connectivity index (χ0n) is 15.5. The van der Waals surface area contributed by atoms with Crippen molar-refractivity contribution in [2.75, 3.05) is 41.3 Å². The van der Waals surface area contributed by atoms with Crippen LogP contribution >= 0.6 is 0 Å². The molecular formula is C20H38N2. The van der Waals surface area contributed by atoms with Gasteiger partial charge in [-0.15, -0.1) is 0 Å². The summed E-state index contributed by atoms with van der Waals surface area (Å²) in [6.45, 7) is 10.8. The minimum absolute atomic E-state index is 0.898. The Balaban J connectivity index is 2.15. The molecule has 1 aliphatic rings. The number of hydrogen-bond acceptors (Lipinski definition) is 2. The van der Waals surface area contributed by atoms with Crippen molar-refractivity contribution in [3.8, 4) is 0 Å². The molecule has 1 rings (SSSR count). The molecule has 2 unspecified atom stereocenters. The zero-order valence-corrected chi connectivity index (χ0v) is 15.5. The molecule has 0 aromatic carbocycles. The van der Waals surface area contributed by atoms with Crippen LogP contribution in [0.5, 0.6) is 0 Å². The maximum absolute atomic E-state index is 4.28. The SMILES string of the molecule is C=C(CCC1CCC(CC(=C)CCN(C)C)C1)CCN(C)C. The second kappa shape index (κ2) is 10.2. The van der Waals surface area contributed by atoms with Gasteiger partial charge in [0.05, 0.1) is 0 Å². The van der Waals surface area contributed by atoms with Gasteiger partial charge in [-0.3, -0.25) is 0 Å². The molecule has 0 aliphatic heterocycles. The summed E-state index contributed by atoms with van der Waals surface area (Å²) >= 11 is 0. The molecule has 1 saturated carbocycles. The van der Waals surface area contributed by atoms with Crippen LogP contribution in [0.2, 0.25) is 0 Å². The summed E-state index contributed by atoms with van der Waals surface area (Å²) in [5.74, 6) is 1.83. The molecule has 128 valence electrons. The quantitative estimate of drug-likeness (QED) is 0.515. The first kappa shape index (κ1) is 19.4. The lowest BCUT2D eigenvalue weighted by molar-refractivity contribution is 0.400. The molecule has 2 nitrogen and oxygen atoms in total. The van der Waals surface area contributed by atoms with Gasteiger partial charge >= 0.3 is 0 Å². The summed E-state index contributed by atoms with van der Waals surface area (Å²) in [5, 5.41) is 0. The lowest BCUT2D eigenvalue weighted by Crippen LogP contribution is -2.14. The molecule has 0 saturated heterocycles. The van der Waals surface area contributed by atoms with Crippen molar-refractivity contribution < 1.29 is 0 Å². The molecule has 2 atom stereocenters. The van der Waals surface area contributed by atoms with Gasteiger partial charge in [0.2, 0.25) is 0 Å². The molecular weight excluding hydrogens is 268 g/mol. The molecule has 0 spiro atoms. The molecule has 2 heteroatoms. The summed E-state index contributed by atoms with van der Waals surface area (Å²) in [7, 11) is 8.56. The Kier molecular flexibility index (Phi) is 9.04. The van der Waals surface area contributed by atoms with Gasteiger partial charge in [0, 0.05) is 13.1 Å². The van der Waals surface area contributed by atoms with Crippen LogP contribution in [0.4, 0.5) is 0 Å². The predicted octanol–water partition coefficient (Wildman–Crippen LogP) is 4.59. The van der Waals surface area contributed by atoms with Crippen molar-refractivity contribution in [3.63, 3.8) is 0 Å². The van der Waals surface area contributed by atoms with Crippen molar-refractivity contribution in [1.29, 1.82) is 0 Å². The topological polar surface area (TPSA) is 6.48 Å². The predicted molar refractivity (Wildman–Crippen MR) is 99.3 cm³/mol. The smallest absolute Gasteiger partial charge is 0.00124 e. The molecule has 1 aliphatic carbocycles. The van der Waals surface area contributed by atoms with Crippen LogP contribution in [-0.4, -0.2) is 51.1 Å². The fraction of sp³-hybridized carbons (Fsp3) is 0.800. The van der Waals surface area contributed by atoms with E-state index in [0.29, 0.717) is 0 Å². The largest absolute Gasteiger partial charge is 0.309 e. The first-order valence-corrected chi connectivity index (χ1v) is 8.99. The summed E-state index contributed by atoms with van der Waals surface area (Å²) in [6.07, 6.45) is 10.4. The number of nitrogens with zero attached hydrogens (tertiary/aromatic N) is 2. The minimum Gasteiger partial charge on any atom is -0.309 e. The highest BCUT2D eigenvalue weighted by Crippen LogP contribution is 2.38. The van der Waals surface area contributed by atoms with E-state index in [9.17, 15) is 0 Å². The van der Waals surface area contributed by atoms with Crippen molar-refractivity contribution in [2.45, 2.75) is 51.4 Å². The Morgan fingerprint density at radius 3 is 1.95 bits per heavy atom. The normalized spacial score (nSPS) is 21.7.